The molecule has 4 aromatic rings. The molecule has 23 heavy (non-hydrogen) atoms. The summed E-state index contributed by atoms with van der Waals surface area (Å²) in [5, 5.41) is 22.5. The van der Waals surface area contributed by atoms with Crippen LogP contribution < -0.4 is 0 Å². The van der Waals surface area contributed by atoms with Crippen molar-refractivity contribution in [2.24, 2.45) is 7.05 Å². The average Bonchev–Trinajstić information content (AvgIpc) is 3.21. The summed E-state index contributed by atoms with van der Waals surface area (Å²) >= 11 is 2.77. The van der Waals surface area contributed by atoms with E-state index in [9.17, 15) is 0 Å². The van der Waals surface area contributed by atoms with Gasteiger partial charge in [0.1, 0.15) is 10.6 Å². The third-order valence-corrected chi connectivity index (χ3v) is 5.32. The molecule has 0 saturated carbocycles. The van der Waals surface area contributed by atoms with Crippen molar-refractivity contribution >= 4 is 27.8 Å². The zero-order chi connectivity index (χ0) is 16.1. The first kappa shape index (κ1) is 14.4. The molecule has 0 saturated heterocycles. The topological polar surface area (TPSA) is 86.7 Å². The molecule has 0 aliphatic heterocycles. The van der Waals surface area contributed by atoms with Crippen molar-refractivity contribution in [3.63, 3.8) is 0 Å². The van der Waals surface area contributed by atoms with E-state index in [-0.39, 0.29) is 0 Å². The highest BCUT2D eigenvalue weighted by atomic mass is 32.1. The van der Waals surface area contributed by atoms with Crippen LogP contribution in [0.1, 0.15) is 31.2 Å². The van der Waals surface area contributed by atoms with E-state index in [0.29, 0.717) is 11.7 Å². The molecule has 4 heterocycles. The van der Waals surface area contributed by atoms with Crippen molar-refractivity contribution in [1.82, 2.24) is 39.2 Å². The van der Waals surface area contributed by atoms with Crippen LogP contribution in [-0.4, -0.2) is 39.2 Å². The molecule has 0 atom stereocenters. The largest absolute Gasteiger partial charge is 0.272 e. The van der Waals surface area contributed by atoms with E-state index in [1.165, 1.54) is 28.6 Å². The fourth-order valence-electron chi connectivity index (χ4n) is 2.43. The van der Waals surface area contributed by atoms with E-state index < -0.39 is 0 Å². The standard InChI is InChI=1S/C13H14N8S2/c1-6(2)9-5-8(17-20(9)4)12-18-21-11(15-16-13(21)22-12)10-7(3)14-19-23-10/h5-6H,1-4H3. The van der Waals surface area contributed by atoms with E-state index in [4.69, 9.17) is 0 Å². The zero-order valence-corrected chi connectivity index (χ0v) is 14.7. The van der Waals surface area contributed by atoms with E-state index in [1.807, 2.05) is 18.7 Å². The third-order valence-electron chi connectivity index (χ3n) is 3.57. The fraction of sp³-hybridized carbons (Fsp3) is 0.385. The minimum absolute atomic E-state index is 0.411. The highest BCUT2D eigenvalue weighted by molar-refractivity contribution is 7.19. The summed E-state index contributed by atoms with van der Waals surface area (Å²) in [6.45, 7) is 6.20. The van der Waals surface area contributed by atoms with Crippen LogP contribution in [0, 0.1) is 6.92 Å². The number of aromatic nitrogens is 8. The molecule has 4 aromatic heterocycles. The van der Waals surface area contributed by atoms with Crippen LogP contribution in [0.15, 0.2) is 6.07 Å². The van der Waals surface area contributed by atoms with E-state index in [0.717, 1.165) is 26.2 Å². The molecule has 10 heteroatoms. The molecule has 0 amide bonds. The summed E-state index contributed by atoms with van der Waals surface area (Å²) in [6.07, 6.45) is 0. The molecule has 0 aliphatic rings. The second-order valence-electron chi connectivity index (χ2n) is 5.55. The molecule has 4 rings (SSSR count). The molecule has 0 spiro atoms. The lowest BCUT2D eigenvalue weighted by atomic mass is 10.1. The minimum Gasteiger partial charge on any atom is -0.272 e. The van der Waals surface area contributed by atoms with Gasteiger partial charge in [-0.05, 0) is 30.4 Å². The van der Waals surface area contributed by atoms with Crippen molar-refractivity contribution in [1.29, 1.82) is 0 Å². The van der Waals surface area contributed by atoms with Gasteiger partial charge in [-0.3, -0.25) is 4.68 Å². The predicted molar refractivity (Wildman–Crippen MR) is 88.6 cm³/mol. The Bertz CT molecular complexity index is 989. The maximum absolute atomic E-state index is 4.64. The SMILES string of the molecule is Cc1nnsc1-c1nnc2sc(-c3cc(C(C)C)n(C)n3)nn12. The van der Waals surface area contributed by atoms with Crippen molar-refractivity contribution in [3.8, 4) is 21.4 Å². The van der Waals surface area contributed by atoms with Gasteiger partial charge in [0.05, 0.1) is 5.69 Å². The van der Waals surface area contributed by atoms with Gasteiger partial charge < -0.3 is 0 Å². The van der Waals surface area contributed by atoms with Crippen LogP contribution in [0.25, 0.3) is 26.4 Å². The lowest BCUT2D eigenvalue weighted by molar-refractivity contribution is 0.670. The second-order valence-corrected chi connectivity index (χ2v) is 7.26. The molecule has 118 valence electrons. The van der Waals surface area contributed by atoms with Crippen LogP contribution in [0.5, 0.6) is 0 Å². The van der Waals surface area contributed by atoms with Crippen molar-refractivity contribution in [3.05, 3.63) is 17.5 Å². The van der Waals surface area contributed by atoms with Gasteiger partial charge in [-0.1, -0.05) is 29.7 Å². The van der Waals surface area contributed by atoms with Crippen LogP contribution in [0.2, 0.25) is 0 Å². The van der Waals surface area contributed by atoms with E-state index in [2.05, 4.69) is 49.9 Å². The Morgan fingerprint density at radius 3 is 2.61 bits per heavy atom. The lowest BCUT2D eigenvalue weighted by Crippen LogP contribution is -1.99. The fourth-order valence-corrected chi connectivity index (χ4v) is 3.85. The average molecular weight is 346 g/mol. The Hall–Kier alpha value is -2.20. The van der Waals surface area contributed by atoms with Crippen molar-refractivity contribution in [2.75, 3.05) is 0 Å². The molecule has 8 nitrogen and oxygen atoms in total. The van der Waals surface area contributed by atoms with Gasteiger partial charge in [0.2, 0.25) is 4.96 Å². The van der Waals surface area contributed by atoms with Crippen LogP contribution in [-0.2, 0) is 7.05 Å². The number of rotatable bonds is 3. The molecule has 0 radical (unpaired) electrons. The Kier molecular flexibility index (Phi) is 3.23. The lowest BCUT2D eigenvalue weighted by Gasteiger charge is -2.02. The number of aryl methyl sites for hydroxylation is 2. The normalized spacial score (nSPS) is 11.9. The predicted octanol–water partition coefficient (Wildman–Crippen LogP) is 2.54. The quantitative estimate of drug-likeness (QED) is 0.566. The van der Waals surface area contributed by atoms with Gasteiger partial charge in [0.25, 0.3) is 0 Å². The number of hydrogen-bond donors (Lipinski definition) is 0. The van der Waals surface area contributed by atoms with Gasteiger partial charge in [0, 0.05) is 12.7 Å². The van der Waals surface area contributed by atoms with Crippen LogP contribution >= 0.6 is 22.9 Å². The highest BCUT2D eigenvalue weighted by Crippen LogP contribution is 2.30. The van der Waals surface area contributed by atoms with Crippen LogP contribution in [0.4, 0.5) is 0 Å². The monoisotopic (exact) mass is 346 g/mol. The number of hydrogen-bond acceptors (Lipinski definition) is 8. The molecule has 0 unspecified atom stereocenters. The Morgan fingerprint density at radius 2 is 1.96 bits per heavy atom. The van der Waals surface area contributed by atoms with Crippen molar-refractivity contribution in [2.45, 2.75) is 26.7 Å². The highest BCUT2D eigenvalue weighted by Gasteiger charge is 2.20. The molecule has 0 aromatic carbocycles. The van der Waals surface area contributed by atoms with Gasteiger partial charge in [0.15, 0.2) is 10.8 Å². The van der Waals surface area contributed by atoms with Crippen molar-refractivity contribution < 1.29 is 0 Å². The zero-order valence-electron chi connectivity index (χ0n) is 13.0. The van der Waals surface area contributed by atoms with Gasteiger partial charge in [-0.25, -0.2) is 0 Å². The second kappa shape index (κ2) is 5.17. The number of nitrogens with zero attached hydrogens (tertiary/aromatic N) is 8. The number of fused-ring (bicyclic) bond motifs is 1. The summed E-state index contributed by atoms with van der Waals surface area (Å²) in [6, 6.07) is 2.08. The Morgan fingerprint density at radius 1 is 1.13 bits per heavy atom. The summed E-state index contributed by atoms with van der Waals surface area (Å²) in [4.78, 5) is 1.62. The first-order chi connectivity index (χ1) is 11.0. The Balaban J connectivity index is 1.83. The first-order valence-electron chi connectivity index (χ1n) is 7.10. The maximum Gasteiger partial charge on any atom is 0.235 e. The summed E-state index contributed by atoms with van der Waals surface area (Å²) in [7, 11) is 1.96. The summed E-state index contributed by atoms with van der Waals surface area (Å²) in [5.41, 5.74) is 2.87. The summed E-state index contributed by atoms with van der Waals surface area (Å²) < 4.78 is 7.60. The molecule has 0 aliphatic carbocycles. The maximum atomic E-state index is 4.64. The Labute approximate surface area is 140 Å². The first-order valence-corrected chi connectivity index (χ1v) is 8.69. The van der Waals surface area contributed by atoms with E-state index >= 15 is 0 Å². The molecular weight excluding hydrogens is 332 g/mol. The molecule has 0 N–H and O–H groups in total. The summed E-state index contributed by atoms with van der Waals surface area (Å²) in [5.74, 6) is 1.09. The molecular formula is C13H14N8S2. The van der Waals surface area contributed by atoms with Gasteiger partial charge >= 0.3 is 0 Å². The van der Waals surface area contributed by atoms with Gasteiger partial charge in [-0.2, -0.15) is 14.7 Å². The molecule has 0 fully saturated rings. The third kappa shape index (κ3) is 2.25. The van der Waals surface area contributed by atoms with E-state index in [1.54, 1.807) is 4.52 Å². The van der Waals surface area contributed by atoms with Gasteiger partial charge in [-0.15, -0.1) is 15.3 Å². The smallest absolute Gasteiger partial charge is 0.235 e. The minimum atomic E-state index is 0.411. The van der Waals surface area contributed by atoms with Crippen LogP contribution in [0.3, 0.4) is 0 Å². The molecule has 0 bridgehead atoms.